The Morgan fingerprint density at radius 2 is 1.96 bits per heavy atom. The normalized spacial score (nSPS) is 15.6. The number of nitrogens with zero attached hydrogens (tertiary/aromatic N) is 3. The Hall–Kier alpha value is -1.56. The Balaban J connectivity index is 1.45. The SMILES string of the molecule is Cc1cc(CN2CCN(C(=O)CCc3ccc(Cl)cc3Cl)CC2)no1. The summed E-state index contributed by atoms with van der Waals surface area (Å²) in [6.45, 7) is 5.83. The molecule has 2 heterocycles. The van der Waals surface area contributed by atoms with Crippen LogP contribution in [0, 0.1) is 6.92 Å². The number of aryl methyl sites for hydroxylation is 2. The van der Waals surface area contributed by atoms with Crippen molar-refractivity contribution >= 4 is 29.1 Å². The fourth-order valence-electron chi connectivity index (χ4n) is 3.00. The van der Waals surface area contributed by atoms with Crippen LogP contribution >= 0.6 is 23.2 Å². The lowest BCUT2D eigenvalue weighted by Gasteiger charge is -2.34. The smallest absolute Gasteiger partial charge is 0.222 e. The van der Waals surface area contributed by atoms with Gasteiger partial charge in [0, 0.05) is 55.3 Å². The fraction of sp³-hybridized carbons (Fsp3) is 0.444. The number of rotatable bonds is 5. The predicted molar refractivity (Wildman–Crippen MR) is 97.9 cm³/mol. The zero-order valence-corrected chi connectivity index (χ0v) is 15.7. The summed E-state index contributed by atoms with van der Waals surface area (Å²) in [7, 11) is 0. The molecule has 1 aliphatic rings. The summed E-state index contributed by atoms with van der Waals surface area (Å²) >= 11 is 12.1. The summed E-state index contributed by atoms with van der Waals surface area (Å²) < 4.78 is 5.10. The first-order valence-corrected chi connectivity index (χ1v) is 9.13. The minimum absolute atomic E-state index is 0.169. The number of hydrogen-bond donors (Lipinski definition) is 0. The molecular weight excluding hydrogens is 361 g/mol. The minimum Gasteiger partial charge on any atom is -0.361 e. The maximum atomic E-state index is 12.4. The Kier molecular flexibility index (Phi) is 5.99. The lowest BCUT2D eigenvalue weighted by Crippen LogP contribution is -2.48. The quantitative estimate of drug-likeness (QED) is 0.794. The van der Waals surface area contributed by atoms with Crippen LogP contribution in [0.25, 0.3) is 0 Å². The molecule has 0 radical (unpaired) electrons. The largest absolute Gasteiger partial charge is 0.361 e. The average Bonchev–Trinajstić information content (AvgIpc) is 2.99. The molecule has 0 atom stereocenters. The molecule has 0 saturated carbocycles. The van der Waals surface area contributed by atoms with Crippen LogP contribution in [0.5, 0.6) is 0 Å². The minimum atomic E-state index is 0.169. The Morgan fingerprint density at radius 1 is 1.20 bits per heavy atom. The van der Waals surface area contributed by atoms with Crippen molar-refractivity contribution in [2.45, 2.75) is 26.3 Å². The van der Waals surface area contributed by atoms with Crippen molar-refractivity contribution < 1.29 is 9.32 Å². The van der Waals surface area contributed by atoms with Gasteiger partial charge in [0.05, 0.1) is 5.69 Å². The van der Waals surface area contributed by atoms with Gasteiger partial charge in [-0.1, -0.05) is 34.4 Å². The third-order valence-corrected chi connectivity index (χ3v) is 5.00. The average molecular weight is 382 g/mol. The van der Waals surface area contributed by atoms with Crippen molar-refractivity contribution in [1.82, 2.24) is 15.0 Å². The fourth-order valence-corrected chi connectivity index (χ4v) is 3.50. The molecule has 1 aromatic heterocycles. The highest BCUT2D eigenvalue weighted by molar-refractivity contribution is 6.35. The van der Waals surface area contributed by atoms with Crippen LogP contribution in [0.1, 0.15) is 23.4 Å². The van der Waals surface area contributed by atoms with Crippen molar-refractivity contribution in [2.75, 3.05) is 26.2 Å². The van der Waals surface area contributed by atoms with Gasteiger partial charge in [0.25, 0.3) is 0 Å². The number of piperazine rings is 1. The summed E-state index contributed by atoms with van der Waals surface area (Å²) in [5, 5.41) is 5.25. The third kappa shape index (κ3) is 4.97. The predicted octanol–water partition coefficient (Wildman–Crippen LogP) is 3.57. The van der Waals surface area contributed by atoms with Gasteiger partial charge in [0.1, 0.15) is 5.76 Å². The van der Waals surface area contributed by atoms with Gasteiger partial charge in [-0.2, -0.15) is 0 Å². The number of aromatic nitrogens is 1. The van der Waals surface area contributed by atoms with Crippen LogP contribution in [-0.2, 0) is 17.8 Å². The van der Waals surface area contributed by atoms with Crippen molar-refractivity contribution in [1.29, 1.82) is 0 Å². The molecule has 0 aliphatic carbocycles. The van der Waals surface area contributed by atoms with Crippen LogP contribution in [-0.4, -0.2) is 47.0 Å². The maximum absolute atomic E-state index is 12.4. The molecule has 7 heteroatoms. The Bertz CT molecular complexity index is 740. The molecular formula is C18H21Cl2N3O2. The molecule has 0 unspecified atom stereocenters. The van der Waals surface area contributed by atoms with E-state index in [1.165, 1.54) is 0 Å². The summed E-state index contributed by atoms with van der Waals surface area (Å²) in [4.78, 5) is 16.6. The second-order valence-electron chi connectivity index (χ2n) is 6.32. The van der Waals surface area contributed by atoms with Gasteiger partial charge in [-0.15, -0.1) is 0 Å². The van der Waals surface area contributed by atoms with Crippen LogP contribution in [0.3, 0.4) is 0 Å². The zero-order chi connectivity index (χ0) is 17.8. The van der Waals surface area contributed by atoms with Crippen molar-refractivity contribution in [2.24, 2.45) is 0 Å². The van der Waals surface area contributed by atoms with Crippen LogP contribution < -0.4 is 0 Å². The lowest BCUT2D eigenvalue weighted by molar-refractivity contribution is -0.133. The molecule has 134 valence electrons. The number of halogens is 2. The summed E-state index contributed by atoms with van der Waals surface area (Å²) in [6.07, 6.45) is 1.09. The van der Waals surface area contributed by atoms with Gasteiger partial charge < -0.3 is 9.42 Å². The number of amides is 1. The molecule has 25 heavy (non-hydrogen) atoms. The van der Waals surface area contributed by atoms with E-state index >= 15 is 0 Å². The molecule has 0 N–H and O–H groups in total. The van der Waals surface area contributed by atoms with Crippen LogP contribution in [0.2, 0.25) is 10.0 Å². The van der Waals surface area contributed by atoms with Gasteiger partial charge in [-0.05, 0) is 31.0 Å². The van der Waals surface area contributed by atoms with Gasteiger partial charge >= 0.3 is 0 Å². The van der Waals surface area contributed by atoms with E-state index < -0.39 is 0 Å². The van der Waals surface area contributed by atoms with Gasteiger partial charge in [-0.25, -0.2) is 0 Å². The first-order chi connectivity index (χ1) is 12.0. The standard InChI is InChI=1S/C18H21Cl2N3O2/c1-13-10-16(21-25-13)12-22-6-8-23(9-7-22)18(24)5-3-14-2-4-15(19)11-17(14)20/h2,4,10-11H,3,5-9,12H2,1H3. The van der Waals surface area contributed by atoms with E-state index in [0.717, 1.165) is 49.7 Å². The lowest BCUT2D eigenvalue weighted by atomic mass is 10.1. The summed E-state index contributed by atoms with van der Waals surface area (Å²) in [5.74, 6) is 0.993. The first-order valence-electron chi connectivity index (χ1n) is 8.37. The van der Waals surface area contributed by atoms with Gasteiger partial charge in [0.2, 0.25) is 5.91 Å². The third-order valence-electron chi connectivity index (χ3n) is 4.41. The van der Waals surface area contributed by atoms with Crippen molar-refractivity contribution in [3.05, 3.63) is 51.3 Å². The van der Waals surface area contributed by atoms with E-state index in [0.29, 0.717) is 22.9 Å². The number of carbonyl (C=O) groups excluding carboxylic acids is 1. The highest BCUT2D eigenvalue weighted by Gasteiger charge is 2.21. The Morgan fingerprint density at radius 3 is 2.60 bits per heavy atom. The highest BCUT2D eigenvalue weighted by atomic mass is 35.5. The van der Waals surface area contributed by atoms with E-state index in [9.17, 15) is 4.79 Å². The maximum Gasteiger partial charge on any atom is 0.222 e. The number of benzene rings is 1. The summed E-state index contributed by atoms with van der Waals surface area (Å²) in [6, 6.07) is 7.36. The molecule has 1 saturated heterocycles. The molecule has 1 fully saturated rings. The van der Waals surface area contributed by atoms with Crippen LogP contribution in [0.4, 0.5) is 0 Å². The number of hydrogen-bond acceptors (Lipinski definition) is 4. The van der Waals surface area contributed by atoms with Gasteiger partial charge in [-0.3, -0.25) is 9.69 Å². The van der Waals surface area contributed by atoms with Crippen LogP contribution in [0.15, 0.2) is 28.8 Å². The zero-order valence-electron chi connectivity index (χ0n) is 14.2. The summed E-state index contributed by atoms with van der Waals surface area (Å²) in [5.41, 5.74) is 1.90. The van der Waals surface area contributed by atoms with Gasteiger partial charge in [0.15, 0.2) is 0 Å². The molecule has 0 bridgehead atoms. The van der Waals surface area contributed by atoms with E-state index in [2.05, 4.69) is 10.1 Å². The number of carbonyl (C=O) groups is 1. The second kappa shape index (κ2) is 8.21. The molecule has 2 aromatic rings. The molecule has 1 aromatic carbocycles. The van der Waals surface area contributed by atoms with E-state index in [4.69, 9.17) is 27.7 Å². The van der Waals surface area contributed by atoms with E-state index in [1.54, 1.807) is 12.1 Å². The van der Waals surface area contributed by atoms with E-state index in [-0.39, 0.29) is 5.91 Å². The molecule has 3 rings (SSSR count). The molecule has 5 nitrogen and oxygen atoms in total. The molecule has 1 amide bonds. The molecule has 1 aliphatic heterocycles. The monoisotopic (exact) mass is 381 g/mol. The first kappa shape index (κ1) is 18.2. The Labute approximate surface area is 157 Å². The van der Waals surface area contributed by atoms with Crippen molar-refractivity contribution in [3.8, 4) is 0 Å². The van der Waals surface area contributed by atoms with E-state index in [1.807, 2.05) is 24.0 Å². The topological polar surface area (TPSA) is 49.6 Å². The highest BCUT2D eigenvalue weighted by Crippen LogP contribution is 2.22. The second-order valence-corrected chi connectivity index (χ2v) is 7.17. The molecule has 0 spiro atoms. The van der Waals surface area contributed by atoms with Crippen molar-refractivity contribution in [3.63, 3.8) is 0 Å².